The summed E-state index contributed by atoms with van der Waals surface area (Å²) in [5.41, 5.74) is 5.32. The van der Waals surface area contributed by atoms with Gasteiger partial charge in [0.15, 0.2) is 0 Å². The van der Waals surface area contributed by atoms with E-state index in [2.05, 4.69) is 0 Å². The van der Waals surface area contributed by atoms with Gasteiger partial charge in [0.1, 0.15) is 0 Å². The smallest absolute Gasteiger partial charge is 0.219 e. The number of amides is 1. The molecule has 1 atom stereocenters. The number of carbonyl (C=O) groups is 1. The third-order valence-electron chi connectivity index (χ3n) is 2.35. The van der Waals surface area contributed by atoms with E-state index < -0.39 is 0 Å². The monoisotopic (exact) mass is 186 g/mol. The van der Waals surface area contributed by atoms with Crippen LogP contribution in [0, 0.1) is 0 Å². The van der Waals surface area contributed by atoms with Gasteiger partial charge < -0.3 is 15.4 Å². The Morgan fingerprint density at radius 1 is 1.69 bits per heavy atom. The van der Waals surface area contributed by atoms with Crippen molar-refractivity contribution in [2.24, 2.45) is 5.73 Å². The first-order chi connectivity index (χ1) is 6.25. The number of likely N-dealkylation sites (tertiary alicyclic amines) is 1. The minimum absolute atomic E-state index is 0.152. The van der Waals surface area contributed by atoms with Crippen molar-refractivity contribution in [1.82, 2.24) is 4.90 Å². The second kappa shape index (κ2) is 5.19. The number of hydrogen-bond acceptors (Lipinski definition) is 3. The van der Waals surface area contributed by atoms with Gasteiger partial charge in [-0.05, 0) is 19.4 Å². The summed E-state index contributed by atoms with van der Waals surface area (Å²) in [6, 6.07) is 0.315. The van der Waals surface area contributed by atoms with Gasteiger partial charge in [-0.15, -0.1) is 0 Å². The number of ether oxygens (including phenoxy) is 1. The molecule has 1 fully saturated rings. The average Bonchev–Trinajstić information content (AvgIpc) is 2.01. The zero-order chi connectivity index (χ0) is 9.68. The molecule has 1 rings (SSSR count). The van der Waals surface area contributed by atoms with Crippen LogP contribution in [-0.4, -0.2) is 43.2 Å². The molecule has 1 heterocycles. The Morgan fingerprint density at radius 3 is 2.92 bits per heavy atom. The molecule has 0 aromatic carbocycles. The third kappa shape index (κ3) is 2.97. The van der Waals surface area contributed by atoms with Gasteiger partial charge in [0.2, 0.25) is 5.91 Å². The minimum atomic E-state index is 0.152. The topological polar surface area (TPSA) is 55.6 Å². The van der Waals surface area contributed by atoms with Crippen LogP contribution >= 0.6 is 0 Å². The molecular weight excluding hydrogens is 168 g/mol. The van der Waals surface area contributed by atoms with Gasteiger partial charge in [0, 0.05) is 20.1 Å². The number of hydrogen-bond donors (Lipinski definition) is 1. The highest BCUT2D eigenvalue weighted by Gasteiger charge is 2.29. The highest BCUT2D eigenvalue weighted by Crippen LogP contribution is 2.17. The lowest BCUT2D eigenvalue weighted by Gasteiger charge is -2.40. The summed E-state index contributed by atoms with van der Waals surface area (Å²) in [6.07, 6.45) is 1.97. The molecule has 4 nitrogen and oxygen atoms in total. The summed E-state index contributed by atoms with van der Waals surface area (Å²) in [7, 11) is 0. The number of nitrogens with zero attached hydrogens (tertiary/aromatic N) is 1. The number of rotatable bonds is 5. The van der Waals surface area contributed by atoms with E-state index in [0.29, 0.717) is 25.8 Å². The molecule has 13 heavy (non-hydrogen) atoms. The van der Waals surface area contributed by atoms with E-state index in [4.69, 9.17) is 10.5 Å². The molecule has 0 spiro atoms. The molecule has 0 saturated carbocycles. The fraction of sp³-hybridized carbons (Fsp3) is 0.889. The Labute approximate surface area is 79.0 Å². The first kappa shape index (κ1) is 10.5. The van der Waals surface area contributed by atoms with Gasteiger partial charge >= 0.3 is 0 Å². The van der Waals surface area contributed by atoms with Gasteiger partial charge in [-0.3, -0.25) is 4.79 Å². The van der Waals surface area contributed by atoms with Crippen molar-refractivity contribution >= 4 is 5.91 Å². The fourth-order valence-electron chi connectivity index (χ4n) is 1.43. The number of nitrogens with two attached hydrogens (primary N) is 1. The maximum Gasteiger partial charge on any atom is 0.219 e. The van der Waals surface area contributed by atoms with Gasteiger partial charge in [-0.1, -0.05) is 0 Å². The van der Waals surface area contributed by atoms with Crippen LogP contribution in [0.5, 0.6) is 0 Å². The van der Waals surface area contributed by atoms with Crippen molar-refractivity contribution in [3.63, 3.8) is 0 Å². The lowest BCUT2D eigenvalue weighted by atomic mass is 10.0. The summed E-state index contributed by atoms with van der Waals surface area (Å²) in [5.74, 6) is 0.152. The SMILES string of the molecule is CC(=O)N1CCC1COCCCN. The molecule has 1 amide bonds. The largest absolute Gasteiger partial charge is 0.379 e. The Balaban J connectivity index is 2.05. The van der Waals surface area contributed by atoms with Crippen LogP contribution in [0.15, 0.2) is 0 Å². The van der Waals surface area contributed by atoms with Crippen molar-refractivity contribution in [3.8, 4) is 0 Å². The zero-order valence-corrected chi connectivity index (χ0v) is 8.16. The second-order valence-electron chi connectivity index (χ2n) is 3.37. The first-order valence-corrected chi connectivity index (χ1v) is 4.80. The molecule has 0 aromatic heterocycles. The molecule has 0 aromatic rings. The summed E-state index contributed by atoms with van der Waals surface area (Å²) >= 11 is 0. The van der Waals surface area contributed by atoms with E-state index >= 15 is 0 Å². The van der Waals surface area contributed by atoms with E-state index in [1.165, 1.54) is 0 Å². The summed E-state index contributed by atoms with van der Waals surface area (Å²) in [4.78, 5) is 12.8. The Morgan fingerprint density at radius 2 is 2.46 bits per heavy atom. The van der Waals surface area contributed by atoms with Crippen molar-refractivity contribution in [1.29, 1.82) is 0 Å². The lowest BCUT2D eigenvalue weighted by Crippen LogP contribution is -2.52. The molecule has 1 aliphatic rings. The summed E-state index contributed by atoms with van der Waals surface area (Å²) < 4.78 is 5.38. The average molecular weight is 186 g/mol. The van der Waals surface area contributed by atoms with Crippen molar-refractivity contribution in [2.75, 3.05) is 26.3 Å². The van der Waals surface area contributed by atoms with E-state index in [0.717, 1.165) is 19.4 Å². The predicted molar refractivity (Wildman–Crippen MR) is 50.3 cm³/mol. The van der Waals surface area contributed by atoms with Crippen LogP contribution in [0.1, 0.15) is 19.8 Å². The maximum absolute atomic E-state index is 11.0. The van der Waals surface area contributed by atoms with Crippen LogP contribution in [0.25, 0.3) is 0 Å². The molecule has 0 radical (unpaired) electrons. The Bertz CT molecular complexity index is 173. The maximum atomic E-state index is 11.0. The van der Waals surface area contributed by atoms with Crippen LogP contribution in [-0.2, 0) is 9.53 Å². The molecule has 1 aliphatic heterocycles. The molecule has 0 aliphatic carbocycles. The van der Waals surface area contributed by atoms with Gasteiger partial charge in [-0.2, -0.15) is 0 Å². The summed E-state index contributed by atoms with van der Waals surface area (Å²) in [6.45, 7) is 4.53. The van der Waals surface area contributed by atoms with Crippen molar-refractivity contribution in [3.05, 3.63) is 0 Å². The highest BCUT2D eigenvalue weighted by molar-refractivity contribution is 5.74. The molecule has 4 heteroatoms. The Hall–Kier alpha value is -0.610. The van der Waals surface area contributed by atoms with Crippen molar-refractivity contribution in [2.45, 2.75) is 25.8 Å². The van der Waals surface area contributed by atoms with E-state index in [9.17, 15) is 4.79 Å². The van der Waals surface area contributed by atoms with Crippen LogP contribution < -0.4 is 5.73 Å². The zero-order valence-electron chi connectivity index (χ0n) is 8.16. The molecule has 1 saturated heterocycles. The van der Waals surface area contributed by atoms with Gasteiger partial charge in [-0.25, -0.2) is 0 Å². The minimum Gasteiger partial charge on any atom is -0.379 e. The first-order valence-electron chi connectivity index (χ1n) is 4.80. The standard InChI is InChI=1S/C9H18N2O2/c1-8(12)11-5-3-9(11)7-13-6-2-4-10/h9H,2-7,10H2,1H3. The molecular formula is C9H18N2O2. The van der Waals surface area contributed by atoms with Crippen LogP contribution in [0.2, 0.25) is 0 Å². The lowest BCUT2D eigenvalue weighted by molar-refractivity contribution is -0.138. The van der Waals surface area contributed by atoms with E-state index in [1.807, 2.05) is 4.90 Å². The van der Waals surface area contributed by atoms with E-state index in [-0.39, 0.29) is 5.91 Å². The third-order valence-corrected chi connectivity index (χ3v) is 2.35. The molecule has 76 valence electrons. The summed E-state index contributed by atoms with van der Waals surface area (Å²) in [5, 5.41) is 0. The van der Waals surface area contributed by atoms with E-state index in [1.54, 1.807) is 6.92 Å². The highest BCUT2D eigenvalue weighted by atomic mass is 16.5. The predicted octanol–water partition coefficient (Wildman–Crippen LogP) is -0.0274. The quantitative estimate of drug-likeness (QED) is 0.614. The molecule has 1 unspecified atom stereocenters. The van der Waals surface area contributed by atoms with Gasteiger partial charge in [0.05, 0.1) is 12.6 Å². The molecule has 0 bridgehead atoms. The van der Waals surface area contributed by atoms with Crippen LogP contribution in [0.3, 0.4) is 0 Å². The number of carbonyl (C=O) groups excluding carboxylic acids is 1. The van der Waals surface area contributed by atoms with Crippen LogP contribution in [0.4, 0.5) is 0 Å². The normalized spacial score (nSPS) is 21.4. The fourth-order valence-corrected chi connectivity index (χ4v) is 1.43. The molecule has 2 N–H and O–H groups in total. The van der Waals surface area contributed by atoms with Gasteiger partial charge in [0.25, 0.3) is 0 Å². The second-order valence-corrected chi connectivity index (χ2v) is 3.37. The van der Waals surface area contributed by atoms with Crippen molar-refractivity contribution < 1.29 is 9.53 Å². The Kier molecular flexibility index (Phi) is 4.18.